The molecule has 1 atom stereocenters. The van der Waals surface area contributed by atoms with Gasteiger partial charge in [0.2, 0.25) is 0 Å². The number of rotatable bonds is 27. The number of aliphatic hydroxyl groups excluding tert-OH is 1. The number of anilines is 1. The Balaban J connectivity index is 1.45. The van der Waals surface area contributed by atoms with E-state index in [0.29, 0.717) is 79.3 Å². The van der Waals surface area contributed by atoms with Gasteiger partial charge in [-0.2, -0.15) is 0 Å². The SMILES string of the molecule is CC[N+](C)(C)Cc1cc(C2(c3ccc(OCCOCCOCCOC)c(N(C)C)c3)c3cc(C)ccc3-c3ccc(-c4cccc(C)c4)cc32)ccc1COCCOCCOCCO. The summed E-state index contributed by atoms with van der Waals surface area (Å²) in [6.45, 7) is 14.1. The van der Waals surface area contributed by atoms with Gasteiger partial charge in [0.05, 0.1) is 111 Å². The Bertz CT molecular complexity index is 2260. The Hall–Kier alpha value is -4.62. The molecule has 10 nitrogen and oxygen atoms in total. The van der Waals surface area contributed by atoms with Gasteiger partial charge in [0, 0.05) is 26.8 Å². The van der Waals surface area contributed by atoms with Crippen molar-refractivity contribution in [3.63, 3.8) is 0 Å². The standard InChI is InChI=1S/C54H71N2O8/c1-9-56(6,7)38-45-35-46(16-14-44(45)39-63-30-29-61-26-25-59-22-21-57)54(47-17-20-53(52(37-47)55(4)5)64-32-31-62-28-27-60-24-23-58-8)50-34-41(3)13-18-48(50)49-19-15-43(36-51(49)54)42-12-10-11-40(2)33-42/h10-20,33-37,57H,9,21-32,38-39H2,1-8H3/q+1. The molecular formula is C54H71N2O8+. The van der Waals surface area contributed by atoms with Gasteiger partial charge in [-0.25, -0.2) is 0 Å². The average Bonchev–Trinajstić information content (AvgIpc) is 3.57. The Morgan fingerprint density at radius 1 is 0.578 bits per heavy atom. The number of ether oxygens (including phenoxy) is 7. The van der Waals surface area contributed by atoms with Gasteiger partial charge in [0.1, 0.15) is 18.9 Å². The number of hydrogen-bond donors (Lipinski definition) is 1. The van der Waals surface area contributed by atoms with Crippen molar-refractivity contribution < 1.29 is 42.7 Å². The molecule has 344 valence electrons. The molecule has 1 N–H and O–H groups in total. The molecule has 0 aliphatic heterocycles. The second kappa shape index (κ2) is 23.5. The minimum Gasteiger partial charge on any atom is -0.489 e. The van der Waals surface area contributed by atoms with Crippen LogP contribution in [0.25, 0.3) is 22.3 Å². The van der Waals surface area contributed by atoms with E-state index in [1.165, 1.54) is 66.8 Å². The van der Waals surface area contributed by atoms with E-state index in [9.17, 15) is 0 Å². The predicted molar refractivity (Wildman–Crippen MR) is 257 cm³/mol. The number of aliphatic hydroxyl groups is 1. The second-order valence-electron chi connectivity index (χ2n) is 17.5. The van der Waals surface area contributed by atoms with Crippen LogP contribution in [0.5, 0.6) is 5.75 Å². The first-order chi connectivity index (χ1) is 31.0. The third kappa shape index (κ3) is 12.0. The van der Waals surface area contributed by atoms with Gasteiger partial charge in [0.15, 0.2) is 0 Å². The minimum absolute atomic E-state index is 0.00856. The predicted octanol–water partition coefficient (Wildman–Crippen LogP) is 8.60. The molecule has 5 aromatic carbocycles. The summed E-state index contributed by atoms with van der Waals surface area (Å²) < 4.78 is 41.1. The molecule has 0 fully saturated rings. The molecule has 0 bridgehead atoms. The summed E-state index contributed by atoms with van der Waals surface area (Å²) in [5.41, 5.74) is 15.0. The summed E-state index contributed by atoms with van der Waals surface area (Å²) in [4.78, 5) is 2.15. The van der Waals surface area contributed by atoms with E-state index >= 15 is 0 Å². The molecule has 1 aliphatic carbocycles. The molecule has 0 spiro atoms. The summed E-state index contributed by atoms with van der Waals surface area (Å²) in [5.74, 6) is 0.803. The van der Waals surface area contributed by atoms with E-state index in [1.54, 1.807) is 7.11 Å². The fourth-order valence-electron chi connectivity index (χ4n) is 8.53. The van der Waals surface area contributed by atoms with Crippen LogP contribution in [0.15, 0.2) is 97.1 Å². The molecule has 64 heavy (non-hydrogen) atoms. The van der Waals surface area contributed by atoms with Gasteiger partial charge in [-0.15, -0.1) is 0 Å². The number of aryl methyl sites for hydroxylation is 2. The number of nitrogens with zero attached hydrogens (tertiary/aromatic N) is 2. The van der Waals surface area contributed by atoms with Gasteiger partial charge >= 0.3 is 0 Å². The lowest BCUT2D eigenvalue weighted by Gasteiger charge is -2.36. The highest BCUT2D eigenvalue weighted by Gasteiger charge is 2.47. The molecule has 0 heterocycles. The van der Waals surface area contributed by atoms with E-state index in [4.69, 9.17) is 38.3 Å². The molecule has 0 saturated carbocycles. The van der Waals surface area contributed by atoms with Gasteiger partial charge < -0.3 is 47.6 Å². The average molecular weight is 876 g/mol. The highest BCUT2D eigenvalue weighted by Crippen LogP contribution is 2.58. The van der Waals surface area contributed by atoms with Crippen LogP contribution in [0.4, 0.5) is 5.69 Å². The molecule has 10 heteroatoms. The Labute approximate surface area is 382 Å². The van der Waals surface area contributed by atoms with Gasteiger partial charge in [-0.1, -0.05) is 83.9 Å². The summed E-state index contributed by atoms with van der Waals surface area (Å²) >= 11 is 0. The number of quaternary nitrogens is 1. The van der Waals surface area contributed by atoms with Crippen molar-refractivity contribution in [3.8, 4) is 28.0 Å². The van der Waals surface area contributed by atoms with E-state index in [1.807, 2.05) is 0 Å². The van der Waals surface area contributed by atoms with Crippen LogP contribution in [0.1, 0.15) is 51.4 Å². The lowest BCUT2D eigenvalue weighted by Crippen LogP contribution is -2.38. The van der Waals surface area contributed by atoms with Crippen LogP contribution in [0.3, 0.4) is 0 Å². The monoisotopic (exact) mass is 876 g/mol. The zero-order chi connectivity index (χ0) is 45.5. The highest BCUT2D eigenvalue weighted by molar-refractivity contribution is 5.89. The summed E-state index contributed by atoms with van der Waals surface area (Å²) in [5, 5.41) is 8.97. The third-order valence-corrected chi connectivity index (χ3v) is 12.1. The summed E-state index contributed by atoms with van der Waals surface area (Å²) in [6.07, 6.45) is 0. The number of fused-ring (bicyclic) bond motifs is 3. The largest absolute Gasteiger partial charge is 0.489 e. The molecule has 0 aromatic heterocycles. The Morgan fingerprint density at radius 3 is 1.84 bits per heavy atom. The Morgan fingerprint density at radius 2 is 1.17 bits per heavy atom. The maximum Gasteiger partial charge on any atom is 0.142 e. The van der Waals surface area contributed by atoms with Crippen LogP contribution in [-0.2, 0) is 47.0 Å². The van der Waals surface area contributed by atoms with Crippen molar-refractivity contribution >= 4 is 5.69 Å². The molecular weight excluding hydrogens is 805 g/mol. The van der Waals surface area contributed by atoms with Crippen molar-refractivity contribution in [1.82, 2.24) is 0 Å². The molecule has 0 radical (unpaired) electrons. The molecule has 1 unspecified atom stereocenters. The maximum absolute atomic E-state index is 8.97. The normalized spacial score (nSPS) is 14.5. The number of benzene rings is 5. The van der Waals surface area contributed by atoms with Gasteiger partial charge in [0.25, 0.3) is 0 Å². The molecule has 5 aromatic rings. The minimum atomic E-state index is -0.671. The maximum atomic E-state index is 8.97. The smallest absolute Gasteiger partial charge is 0.142 e. The van der Waals surface area contributed by atoms with Crippen LogP contribution >= 0.6 is 0 Å². The van der Waals surface area contributed by atoms with Crippen LogP contribution < -0.4 is 9.64 Å². The van der Waals surface area contributed by atoms with E-state index in [0.717, 1.165) is 29.0 Å². The van der Waals surface area contributed by atoms with Crippen molar-refractivity contribution in [1.29, 1.82) is 0 Å². The van der Waals surface area contributed by atoms with Crippen LogP contribution in [-0.4, -0.2) is 131 Å². The first kappa shape index (κ1) is 48.8. The number of methoxy groups -OCH3 is 1. The van der Waals surface area contributed by atoms with E-state index in [-0.39, 0.29) is 6.61 Å². The van der Waals surface area contributed by atoms with Crippen molar-refractivity contribution in [2.75, 3.05) is 126 Å². The topological polar surface area (TPSA) is 88.1 Å². The van der Waals surface area contributed by atoms with Crippen molar-refractivity contribution in [3.05, 3.63) is 142 Å². The quantitative estimate of drug-likeness (QED) is 0.0404. The molecule has 6 rings (SSSR count). The second-order valence-corrected chi connectivity index (χ2v) is 17.5. The first-order valence-electron chi connectivity index (χ1n) is 22.7. The lowest BCUT2D eigenvalue weighted by atomic mass is 9.66. The first-order valence-corrected chi connectivity index (χ1v) is 22.7. The molecule has 0 saturated heterocycles. The van der Waals surface area contributed by atoms with Crippen molar-refractivity contribution in [2.45, 2.75) is 39.3 Å². The van der Waals surface area contributed by atoms with Crippen molar-refractivity contribution in [2.24, 2.45) is 0 Å². The Kier molecular flexibility index (Phi) is 18.0. The van der Waals surface area contributed by atoms with E-state index < -0.39 is 5.41 Å². The zero-order valence-corrected chi connectivity index (χ0v) is 39.5. The molecule has 1 aliphatic rings. The van der Waals surface area contributed by atoms with Gasteiger partial charge in [-0.3, -0.25) is 0 Å². The van der Waals surface area contributed by atoms with Crippen LogP contribution in [0.2, 0.25) is 0 Å². The highest BCUT2D eigenvalue weighted by atomic mass is 16.6. The van der Waals surface area contributed by atoms with Gasteiger partial charge in [-0.05, 0) is 95.1 Å². The fraction of sp³-hybridized carbons (Fsp3) is 0.444. The number of hydrogen-bond acceptors (Lipinski definition) is 9. The molecule has 0 amide bonds. The lowest BCUT2D eigenvalue weighted by molar-refractivity contribution is -0.901. The summed E-state index contributed by atoms with van der Waals surface area (Å²) in [7, 11) is 10.4. The van der Waals surface area contributed by atoms with E-state index in [2.05, 4.69) is 151 Å². The zero-order valence-electron chi connectivity index (χ0n) is 39.5. The fourth-order valence-corrected chi connectivity index (χ4v) is 8.53. The third-order valence-electron chi connectivity index (χ3n) is 12.1. The van der Waals surface area contributed by atoms with Crippen LogP contribution in [0, 0.1) is 13.8 Å². The summed E-state index contributed by atoms with van der Waals surface area (Å²) in [6, 6.07) is 36.6.